The van der Waals surface area contributed by atoms with Gasteiger partial charge in [0.15, 0.2) is 6.10 Å². The Morgan fingerprint density at radius 1 is 0.328 bits per heavy atom. The Bertz CT molecular complexity index is 1070. The van der Waals surface area contributed by atoms with Crippen molar-refractivity contribution in [2.75, 3.05) is 13.2 Å². The quantitative estimate of drug-likeness (QED) is 0.0263. The van der Waals surface area contributed by atoms with Crippen LogP contribution in [0.15, 0.2) is 48.6 Å². The first-order valence-corrected chi connectivity index (χ1v) is 26.1. The lowest BCUT2D eigenvalue weighted by Crippen LogP contribution is -2.30. The number of hydrogen-bond donors (Lipinski definition) is 0. The summed E-state index contributed by atoms with van der Waals surface area (Å²) in [4.78, 5) is 38.0. The van der Waals surface area contributed by atoms with E-state index in [2.05, 4.69) is 69.4 Å². The van der Waals surface area contributed by atoms with E-state index in [4.69, 9.17) is 14.2 Å². The van der Waals surface area contributed by atoms with Gasteiger partial charge in [0.1, 0.15) is 13.2 Å². The van der Waals surface area contributed by atoms with Gasteiger partial charge in [0, 0.05) is 19.3 Å². The zero-order chi connectivity index (χ0) is 44.4. The van der Waals surface area contributed by atoms with Gasteiger partial charge in [0.2, 0.25) is 0 Å². The van der Waals surface area contributed by atoms with E-state index < -0.39 is 6.10 Å². The molecular weight excluding hydrogens is 757 g/mol. The van der Waals surface area contributed by atoms with Crippen LogP contribution < -0.4 is 0 Å². The van der Waals surface area contributed by atoms with Crippen molar-refractivity contribution in [3.63, 3.8) is 0 Å². The van der Waals surface area contributed by atoms with E-state index in [1.54, 1.807) is 0 Å². The second-order valence-corrected chi connectivity index (χ2v) is 17.4. The van der Waals surface area contributed by atoms with Gasteiger partial charge in [-0.05, 0) is 83.5 Å². The van der Waals surface area contributed by atoms with Crippen LogP contribution in [0.4, 0.5) is 0 Å². The largest absolute Gasteiger partial charge is 0.462 e. The van der Waals surface area contributed by atoms with Gasteiger partial charge in [-0.25, -0.2) is 0 Å². The fourth-order valence-electron chi connectivity index (χ4n) is 7.33. The maximum Gasteiger partial charge on any atom is 0.306 e. The van der Waals surface area contributed by atoms with Gasteiger partial charge in [-0.15, -0.1) is 0 Å². The van der Waals surface area contributed by atoms with Crippen molar-refractivity contribution in [1.29, 1.82) is 0 Å². The third kappa shape index (κ3) is 48.3. The van der Waals surface area contributed by atoms with Gasteiger partial charge in [0.25, 0.3) is 0 Å². The van der Waals surface area contributed by atoms with Crippen LogP contribution in [0.1, 0.15) is 265 Å². The predicted molar refractivity (Wildman–Crippen MR) is 261 cm³/mol. The smallest absolute Gasteiger partial charge is 0.306 e. The highest BCUT2D eigenvalue weighted by Gasteiger charge is 2.19. The Labute approximate surface area is 378 Å². The van der Waals surface area contributed by atoms with Crippen molar-refractivity contribution in [2.24, 2.45) is 0 Å². The fraction of sp³-hybridized carbons (Fsp3) is 0.800. The topological polar surface area (TPSA) is 78.9 Å². The normalized spacial score (nSPS) is 12.4. The molecule has 0 aliphatic carbocycles. The van der Waals surface area contributed by atoms with Gasteiger partial charge in [0.05, 0.1) is 0 Å². The summed E-state index contributed by atoms with van der Waals surface area (Å²) in [7, 11) is 0. The van der Waals surface area contributed by atoms with Gasteiger partial charge in [-0.1, -0.05) is 211 Å². The van der Waals surface area contributed by atoms with Crippen molar-refractivity contribution in [1.82, 2.24) is 0 Å². The van der Waals surface area contributed by atoms with Crippen LogP contribution in [0.25, 0.3) is 0 Å². The van der Waals surface area contributed by atoms with Crippen molar-refractivity contribution in [3.8, 4) is 0 Å². The Morgan fingerprint density at radius 2 is 0.590 bits per heavy atom. The van der Waals surface area contributed by atoms with Crippen molar-refractivity contribution in [3.05, 3.63) is 48.6 Å². The van der Waals surface area contributed by atoms with Gasteiger partial charge in [-0.2, -0.15) is 0 Å². The minimum Gasteiger partial charge on any atom is -0.462 e. The molecule has 6 nitrogen and oxygen atoms in total. The van der Waals surface area contributed by atoms with Crippen LogP contribution in [-0.4, -0.2) is 37.2 Å². The molecule has 0 radical (unpaired) electrons. The molecule has 354 valence electrons. The van der Waals surface area contributed by atoms with Crippen LogP contribution in [0.3, 0.4) is 0 Å². The van der Waals surface area contributed by atoms with Crippen molar-refractivity contribution >= 4 is 17.9 Å². The third-order valence-electron chi connectivity index (χ3n) is 11.3. The highest BCUT2D eigenvalue weighted by atomic mass is 16.6. The van der Waals surface area contributed by atoms with Crippen LogP contribution in [0.2, 0.25) is 0 Å². The van der Waals surface area contributed by atoms with E-state index in [0.29, 0.717) is 19.3 Å². The molecule has 0 heterocycles. The number of rotatable bonds is 47. The number of carbonyl (C=O) groups excluding carboxylic acids is 3. The molecule has 0 aromatic rings. The monoisotopic (exact) mass is 855 g/mol. The van der Waals surface area contributed by atoms with Crippen LogP contribution in [-0.2, 0) is 28.6 Å². The summed E-state index contributed by atoms with van der Waals surface area (Å²) in [5, 5.41) is 0. The molecule has 0 unspecified atom stereocenters. The van der Waals surface area contributed by atoms with E-state index in [0.717, 1.165) is 64.2 Å². The zero-order valence-corrected chi connectivity index (χ0v) is 40.4. The van der Waals surface area contributed by atoms with Gasteiger partial charge >= 0.3 is 17.9 Å². The van der Waals surface area contributed by atoms with Gasteiger partial charge in [-0.3, -0.25) is 14.4 Å². The van der Waals surface area contributed by atoms with Crippen LogP contribution in [0, 0.1) is 0 Å². The van der Waals surface area contributed by atoms with E-state index in [1.807, 2.05) is 0 Å². The maximum atomic E-state index is 12.8. The lowest BCUT2D eigenvalue weighted by atomic mass is 10.0. The lowest BCUT2D eigenvalue weighted by Gasteiger charge is -2.18. The average molecular weight is 855 g/mol. The molecule has 1 atom stereocenters. The molecule has 0 amide bonds. The molecule has 0 N–H and O–H groups in total. The highest BCUT2D eigenvalue weighted by molar-refractivity contribution is 5.71. The minimum atomic E-state index is -0.791. The third-order valence-corrected chi connectivity index (χ3v) is 11.3. The first-order valence-electron chi connectivity index (χ1n) is 26.1. The summed E-state index contributed by atoms with van der Waals surface area (Å²) in [6, 6.07) is 0. The number of unbranched alkanes of at least 4 members (excludes halogenated alkanes) is 28. The van der Waals surface area contributed by atoms with E-state index in [-0.39, 0.29) is 37.5 Å². The van der Waals surface area contributed by atoms with Crippen LogP contribution in [0.5, 0.6) is 0 Å². The molecule has 0 saturated carbocycles. The molecule has 0 aliphatic heterocycles. The molecule has 0 rings (SSSR count). The maximum absolute atomic E-state index is 12.8. The number of ether oxygens (including phenoxy) is 3. The van der Waals surface area contributed by atoms with Crippen molar-refractivity contribution in [2.45, 2.75) is 271 Å². The van der Waals surface area contributed by atoms with Crippen LogP contribution >= 0.6 is 0 Å². The molecule has 0 fully saturated rings. The van der Waals surface area contributed by atoms with Crippen molar-refractivity contribution < 1.29 is 28.6 Å². The first-order chi connectivity index (χ1) is 30.0. The lowest BCUT2D eigenvalue weighted by molar-refractivity contribution is -0.167. The summed E-state index contributed by atoms with van der Waals surface area (Å²) >= 11 is 0. The molecule has 0 aromatic carbocycles. The molecule has 0 aromatic heterocycles. The van der Waals surface area contributed by atoms with E-state index >= 15 is 0 Å². The number of carbonyl (C=O) groups is 3. The SMILES string of the molecule is CCCCC/C=C\C/C=C\C/C=C\CCCCC(=O)O[C@H](COC(=O)CCCCCCCCC/C=C\CCCCCC)COC(=O)CCCCCCCCCCCCCCC. The second-order valence-electron chi connectivity index (χ2n) is 17.4. The Balaban J connectivity index is 4.43. The van der Waals surface area contributed by atoms with E-state index in [9.17, 15) is 14.4 Å². The molecule has 0 bridgehead atoms. The standard InChI is InChI=1S/C55H98O6/c1-4-7-10-13-16-19-22-25-27-30-33-36-39-42-45-48-54(57)60-51-52(50-59-53(56)47-44-41-38-35-32-29-24-21-18-15-12-9-6-3)61-55(58)49-46-43-40-37-34-31-28-26-23-20-17-14-11-8-5-2/h17,19-20,22,26,28,34,37,52H,4-16,18,21,23-25,27,29-33,35-36,38-51H2,1-3H3/b20-17-,22-19-,28-26-,37-34-/t52-/m0/s1. The van der Waals surface area contributed by atoms with E-state index in [1.165, 1.54) is 154 Å². The fourth-order valence-corrected chi connectivity index (χ4v) is 7.33. The Morgan fingerprint density at radius 3 is 1.02 bits per heavy atom. The average Bonchev–Trinajstić information content (AvgIpc) is 3.26. The summed E-state index contributed by atoms with van der Waals surface area (Å²) < 4.78 is 16.8. The molecule has 0 spiro atoms. The number of esters is 3. The second kappa shape index (κ2) is 50.0. The molecule has 6 heteroatoms. The molecule has 61 heavy (non-hydrogen) atoms. The number of hydrogen-bond acceptors (Lipinski definition) is 6. The summed E-state index contributed by atoms with van der Waals surface area (Å²) in [5.41, 5.74) is 0. The summed E-state index contributed by atoms with van der Waals surface area (Å²) in [5.74, 6) is -0.923. The summed E-state index contributed by atoms with van der Waals surface area (Å²) in [6.45, 7) is 6.57. The predicted octanol–water partition coefficient (Wildman–Crippen LogP) is 17.1. The zero-order valence-electron chi connectivity index (χ0n) is 40.4. The molecule has 0 saturated heterocycles. The Hall–Kier alpha value is -2.63. The molecule has 0 aliphatic rings. The minimum absolute atomic E-state index is 0.0873. The van der Waals surface area contributed by atoms with Gasteiger partial charge < -0.3 is 14.2 Å². The molecular formula is C55H98O6. The number of allylic oxidation sites excluding steroid dienone is 8. The Kier molecular flexibility index (Phi) is 47.9. The summed E-state index contributed by atoms with van der Waals surface area (Å²) in [6.07, 6.45) is 59.5. The highest BCUT2D eigenvalue weighted by Crippen LogP contribution is 2.15. The first kappa shape index (κ1) is 58.4.